The van der Waals surface area contributed by atoms with Gasteiger partial charge in [0.1, 0.15) is 6.33 Å². The molecule has 1 N–H and O–H groups in total. The Morgan fingerprint density at radius 2 is 2.09 bits per heavy atom. The van der Waals surface area contributed by atoms with Crippen LogP contribution in [0.3, 0.4) is 0 Å². The van der Waals surface area contributed by atoms with Crippen molar-refractivity contribution in [2.75, 3.05) is 25.0 Å². The topological polar surface area (TPSA) is 58.4 Å². The van der Waals surface area contributed by atoms with Gasteiger partial charge in [-0.2, -0.15) is 4.52 Å². The maximum atomic E-state index is 4.70. The van der Waals surface area contributed by atoms with Crippen LogP contribution in [-0.2, 0) is 12.8 Å². The van der Waals surface area contributed by atoms with Crippen molar-refractivity contribution >= 4 is 11.5 Å². The molecule has 2 aromatic rings. The molecule has 0 saturated carbocycles. The van der Waals surface area contributed by atoms with Crippen molar-refractivity contribution in [1.29, 1.82) is 0 Å². The van der Waals surface area contributed by atoms with Crippen LogP contribution in [0, 0.1) is 0 Å². The molecule has 0 amide bonds. The standard InChI is InChI=1S/C17H26N6/c1-13-6-4-10-22(13)11-5-9-18-16-14-7-2-3-8-15(14)17-20-19-12-23(17)21-16/h12-13H,2-11H2,1H3,(H,18,21). The Balaban J connectivity index is 1.44. The molecule has 1 aliphatic heterocycles. The summed E-state index contributed by atoms with van der Waals surface area (Å²) in [5, 5.41) is 16.5. The number of anilines is 1. The third-order valence-corrected chi connectivity index (χ3v) is 5.37. The highest BCUT2D eigenvalue weighted by Gasteiger charge is 2.21. The van der Waals surface area contributed by atoms with Crippen LogP contribution in [0.25, 0.3) is 5.65 Å². The second-order valence-corrected chi connectivity index (χ2v) is 6.92. The van der Waals surface area contributed by atoms with E-state index in [9.17, 15) is 0 Å². The Morgan fingerprint density at radius 1 is 1.22 bits per heavy atom. The lowest BCUT2D eigenvalue weighted by atomic mass is 9.93. The number of aromatic nitrogens is 4. The van der Waals surface area contributed by atoms with Crippen molar-refractivity contribution in [2.24, 2.45) is 0 Å². The van der Waals surface area contributed by atoms with E-state index in [0.29, 0.717) is 0 Å². The third-order valence-electron chi connectivity index (χ3n) is 5.37. The fourth-order valence-electron chi connectivity index (χ4n) is 4.04. The minimum Gasteiger partial charge on any atom is -0.368 e. The predicted molar refractivity (Wildman–Crippen MR) is 90.8 cm³/mol. The number of nitrogens with one attached hydrogen (secondary N) is 1. The number of aryl methyl sites for hydroxylation is 1. The van der Waals surface area contributed by atoms with Crippen LogP contribution in [0.2, 0.25) is 0 Å². The molecule has 2 aromatic heterocycles. The number of rotatable bonds is 5. The van der Waals surface area contributed by atoms with Crippen molar-refractivity contribution in [3.63, 3.8) is 0 Å². The first-order valence-electron chi connectivity index (χ1n) is 9.02. The first kappa shape index (κ1) is 14.9. The zero-order valence-electron chi connectivity index (χ0n) is 14.0. The van der Waals surface area contributed by atoms with Gasteiger partial charge in [-0.25, -0.2) is 0 Å². The molecule has 1 fully saturated rings. The van der Waals surface area contributed by atoms with Gasteiger partial charge in [0, 0.05) is 30.3 Å². The van der Waals surface area contributed by atoms with Gasteiger partial charge in [0.2, 0.25) is 0 Å². The molecule has 3 heterocycles. The van der Waals surface area contributed by atoms with Gasteiger partial charge < -0.3 is 10.2 Å². The Labute approximate surface area is 137 Å². The summed E-state index contributed by atoms with van der Waals surface area (Å²) < 4.78 is 1.83. The number of hydrogen-bond donors (Lipinski definition) is 1. The number of likely N-dealkylation sites (tertiary alicyclic amines) is 1. The molecule has 1 saturated heterocycles. The SMILES string of the molecule is CC1CCCN1CCCNc1nn2cnnc2c2c1CCCC2. The molecule has 2 aliphatic rings. The summed E-state index contributed by atoms with van der Waals surface area (Å²) >= 11 is 0. The maximum Gasteiger partial charge on any atom is 0.181 e. The van der Waals surface area contributed by atoms with Gasteiger partial charge in [0.05, 0.1) is 0 Å². The molecule has 6 heteroatoms. The normalized spacial score (nSPS) is 21.7. The second-order valence-electron chi connectivity index (χ2n) is 6.92. The zero-order valence-corrected chi connectivity index (χ0v) is 14.0. The van der Waals surface area contributed by atoms with Gasteiger partial charge in [-0.05, 0) is 58.4 Å². The summed E-state index contributed by atoms with van der Waals surface area (Å²) in [6.07, 6.45) is 10.3. The fourth-order valence-corrected chi connectivity index (χ4v) is 4.04. The van der Waals surface area contributed by atoms with Gasteiger partial charge >= 0.3 is 0 Å². The van der Waals surface area contributed by atoms with Crippen molar-refractivity contribution < 1.29 is 0 Å². The summed E-state index contributed by atoms with van der Waals surface area (Å²) in [7, 11) is 0. The van der Waals surface area contributed by atoms with Gasteiger partial charge in [-0.3, -0.25) is 0 Å². The van der Waals surface area contributed by atoms with Crippen LogP contribution in [0.1, 0.15) is 50.2 Å². The molecule has 1 aliphatic carbocycles. The molecular formula is C17H26N6. The van der Waals surface area contributed by atoms with Gasteiger partial charge in [0.25, 0.3) is 0 Å². The monoisotopic (exact) mass is 314 g/mol. The molecule has 0 spiro atoms. The van der Waals surface area contributed by atoms with Crippen LogP contribution in [0.5, 0.6) is 0 Å². The quantitative estimate of drug-likeness (QED) is 0.858. The number of fused-ring (bicyclic) bond motifs is 3. The lowest BCUT2D eigenvalue weighted by Gasteiger charge is -2.22. The van der Waals surface area contributed by atoms with Gasteiger partial charge in [-0.1, -0.05) is 0 Å². The Morgan fingerprint density at radius 3 is 2.91 bits per heavy atom. The highest BCUT2D eigenvalue weighted by molar-refractivity contribution is 5.59. The van der Waals surface area contributed by atoms with Crippen LogP contribution >= 0.6 is 0 Å². The smallest absolute Gasteiger partial charge is 0.181 e. The molecule has 4 rings (SSSR count). The van der Waals surface area contributed by atoms with Crippen LogP contribution in [-0.4, -0.2) is 50.4 Å². The fraction of sp³-hybridized carbons (Fsp3) is 0.706. The summed E-state index contributed by atoms with van der Waals surface area (Å²) in [6.45, 7) is 5.78. The molecule has 0 bridgehead atoms. The van der Waals surface area contributed by atoms with Crippen molar-refractivity contribution in [3.8, 4) is 0 Å². The molecule has 1 atom stereocenters. The average molecular weight is 314 g/mol. The van der Waals surface area contributed by atoms with Crippen molar-refractivity contribution in [3.05, 3.63) is 17.5 Å². The lowest BCUT2D eigenvalue weighted by molar-refractivity contribution is 0.268. The summed E-state index contributed by atoms with van der Waals surface area (Å²) in [4.78, 5) is 2.60. The Kier molecular flexibility index (Phi) is 4.16. The Hall–Kier alpha value is -1.69. The van der Waals surface area contributed by atoms with Crippen LogP contribution in [0.4, 0.5) is 5.82 Å². The summed E-state index contributed by atoms with van der Waals surface area (Å²) in [6, 6.07) is 0.759. The van der Waals surface area contributed by atoms with E-state index in [1.54, 1.807) is 6.33 Å². The summed E-state index contributed by atoms with van der Waals surface area (Å²) in [5.41, 5.74) is 3.65. The Bertz CT molecular complexity index is 679. The highest BCUT2D eigenvalue weighted by Crippen LogP contribution is 2.28. The first-order chi connectivity index (χ1) is 11.3. The number of hydrogen-bond acceptors (Lipinski definition) is 5. The van der Waals surface area contributed by atoms with Gasteiger partial charge in [0.15, 0.2) is 11.5 Å². The lowest BCUT2D eigenvalue weighted by Crippen LogP contribution is -2.29. The van der Waals surface area contributed by atoms with E-state index in [-0.39, 0.29) is 0 Å². The van der Waals surface area contributed by atoms with E-state index in [4.69, 9.17) is 5.10 Å². The molecule has 1 unspecified atom stereocenters. The minimum absolute atomic E-state index is 0.759. The van der Waals surface area contributed by atoms with E-state index >= 15 is 0 Å². The molecule has 124 valence electrons. The second kappa shape index (κ2) is 6.43. The molecular weight excluding hydrogens is 288 g/mol. The van der Waals surface area contributed by atoms with E-state index in [2.05, 4.69) is 27.3 Å². The minimum atomic E-state index is 0.759. The van der Waals surface area contributed by atoms with E-state index in [1.165, 1.54) is 56.3 Å². The summed E-state index contributed by atoms with van der Waals surface area (Å²) in [5.74, 6) is 1.04. The van der Waals surface area contributed by atoms with E-state index < -0.39 is 0 Å². The highest BCUT2D eigenvalue weighted by atomic mass is 15.4. The zero-order chi connectivity index (χ0) is 15.6. The van der Waals surface area contributed by atoms with Gasteiger partial charge in [-0.15, -0.1) is 15.3 Å². The van der Waals surface area contributed by atoms with Crippen LogP contribution in [0.15, 0.2) is 6.33 Å². The van der Waals surface area contributed by atoms with E-state index in [0.717, 1.165) is 36.9 Å². The molecule has 6 nitrogen and oxygen atoms in total. The van der Waals surface area contributed by atoms with Crippen molar-refractivity contribution in [2.45, 2.75) is 57.9 Å². The number of nitrogens with zero attached hydrogens (tertiary/aromatic N) is 5. The maximum absolute atomic E-state index is 4.70. The largest absolute Gasteiger partial charge is 0.368 e. The third kappa shape index (κ3) is 2.92. The predicted octanol–water partition coefficient (Wildman–Crippen LogP) is 2.29. The average Bonchev–Trinajstić information content (AvgIpc) is 3.20. The van der Waals surface area contributed by atoms with E-state index in [1.807, 2.05) is 4.52 Å². The molecule has 23 heavy (non-hydrogen) atoms. The van der Waals surface area contributed by atoms with Crippen LogP contribution < -0.4 is 5.32 Å². The molecule has 0 radical (unpaired) electrons. The van der Waals surface area contributed by atoms with Crippen molar-refractivity contribution in [1.82, 2.24) is 24.7 Å². The molecule has 0 aromatic carbocycles. The first-order valence-corrected chi connectivity index (χ1v) is 9.02.